The average Bonchev–Trinajstić information content (AvgIpc) is 1.66. The van der Waals surface area contributed by atoms with E-state index >= 15 is 0 Å². The Kier molecular flexibility index (Phi) is 6.73. The van der Waals surface area contributed by atoms with E-state index in [4.69, 9.17) is 0 Å². The topological polar surface area (TPSA) is 0 Å². The number of rotatable bonds is 0. The number of alkyl halides is 3. The van der Waals surface area contributed by atoms with Crippen LogP contribution in [0.15, 0.2) is 0 Å². The van der Waals surface area contributed by atoms with Gasteiger partial charge in [0.2, 0.25) is 0 Å². The Labute approximate surface area is 79.8 Å². The zero-order chi connectivity index (χ0) is 9.00. The fourth-order valence-electron chi connectivity index (χ4n) is 0. The Balaban J connectivity index is 0. The summed E-state index contributed by atoms with van der Waals surface area (Å²) in [5, 5.41) is 0. The molecule has 0 aliphatic carbocycles. The van der Waals surface area contributed by atoms with Crippen molar-refractivity contribution in [1.82, 2.24) is 0 Å². The zero-order valence-electron chi connectivity index (χ0n) is 5.93. The van der Waals surface area contributed by atoms with Gasteiger partial charge in [-0.3, -0.25) is 0 Å². The van der Waals surface area contributed by atoms with Crippen LogP contribution in [0.5, 0.6) is 0 Å². The van der Waals surface area contributed by atoms with Crippen molar-refractivity contribution in [2.24, 2.45) is 5.41 Å². The van der Waals surface area contributed by atoms with Crippen LogP contribution in [0.3, 0.4) is 0 Å². The van der Waals surface area contributed by atoms with E-state index < -0.39 is 11.6 Å². The van der Waals surface area contributed by atoms with Crippen LogP contribution >= 0.6 is 19.8 Å². The molecule has 0 bridgehead atoms. The Morgan fingerprint density at radius 1 is 1.20 bits per heavy atom. The first-order valence-corrected chi connectivity index (χ1v) is 11.5. The zero-order valence-corrected chi connectivity index (χ0v) is 11.1. The molecular weight excluding hydrogens is 309 g/mol. The standard InChI is InChI=1S/C5H8F3.HI.Zn/c1-4(2,3)5(6,7)8;;/h1H2,2-3H3;1H;/q-1;;+2/p-1. The summed E-state index contributed by atoms with van der Waals surface area (Å²) in [6, 6.07) is 0. The summed E-state index contributed by atoms with van der Waals surface area (Å²) >= 11 is 3.62. The van der Waals surface area contributed by atoms with Crippen molar-refractivity contribution in [3.63, 3.8) is 0 Å². The van der Waals surface area contributed by atoms with Gasteiger partial charge in [-0.1, -0.05) is 19.3 Å². The van der Waals surface area contributed by atoms with Crippen molar-refractivity contribution in [3.8, 4) is 0 Å². The van der Waals surface area contributed by atoms with Crippen molar-refractivity contribution >= 4 is 19.8 Å². The molecule has 0 radical (unpaired) electrons. The van der Waals surface area contributed by atoms with Gasteiger partial charge in [-0.2, -0.15) is 13.2 Å². The molecule has 0 nitrogen and oxygen atoms in total. The van der Waals surface area contributed by atoms with E-state index in [1.807, 2.05) is 0 Å². The van der Waals surface area contributed by atoms with Gasteiger partial charge in [0.05, 0.1) is 0 Å². The molecule has 0 saturated carbocycles. The predicted octanol–water partition coefficient (Wildman–Crippen LogP) is 3.29. The van der Waals surface area contributed by atoms with Crippen LogP contribution in [0.1, 0.15) is 13.8 Å². The van der Waals surface area contributed by atoms with Crippen LogP contribution in [0.4, 0.5) is 13.2 Å². The van der Waals surface area contributed by atoms with Crippen LogP contribution in [0.25, 0.3) is 0 Å². The number of hydrogen-bond acceptors (Lipinski definition) is 0. The monoisotopic (exact) mass is 316 g/mol. The molecule has 5 heteroatoms. The van der Waals surface area contributed by atoms with Crippen molar-refractivity contribution in [2.45, 2.75) is 20.0 Å². The van der Waals surface area contributed by atoms with Crippen molar-refractivity contribution in [3.05, 3.63) is 6.92 Å². The SMILES string of the molecule is [CH2-]C(C)(C)C(F)(F)F.[Zn+][I]. The molecule has 10 heavy (non-hydrogen) atoms. The third-order valence-corrected chi connectivity index (χ3v) is 0.767. The van der Waals surface area contributed by atoms with Crippen LogP contribution in [-0.2, 0) is 14.8 Å². The summed E-state index contributed by atoms with van der Waals surface area (Å²) in [4.78, 5) is 0. The maximum atomic E-state index is 11.5. The third kappa shape index (κ3) is 5.89. The molecule has 0 N–H and O–H groups in total. The quantitative estimate of drug-likeness (QED) is 0.365. The summed E-state index contributed by atoms with van der Waals surface area (Å²) in [6.45, 7) is 4.99. The van der Waals surface area contributed by atoms with Gasteiger partial charge < -0.3 is 6.92 Å². The Morgan fingerprint density at radius 2 is 1.30 bits per heavy atom. The number of halogens is 4. The first-order chi connectivity index (χ1) is 4.25. The summed E-state index contributed by atoms with van der Waals surface area (Å²) in [5.41, 5.74) is -1.81. The molecular formula is C5H8F3IZn. The maximum absolute atomic E-state index is 11.5. The summed E-state index contributed by atoms with van der Waals surface area (Å²) in [6.07, 6.45) is -4.17. The van der Waals surface area contributed by atoms with Crippen molar-refractivity contribution in [2.75, 3.05) is 0 Å². The van der Waals surface area contributed by atoms with Gasteiger partial charge in [-0.25, -0.2) is 0 Å². The van der Waals surface area contributed by atoms with Crippen LogP contribution in [0.2, 0.25) is 0 Å². The molecule has 0 aromatic heterocycles. The van der Waals surface area contributed by atoms with Gasteiger partial charge in [-0.15, -0.1) is 0 Å². The van der Waals surface area contributed by atoms with E-state index in [1.54, 1.807) is 0 Å². The Hall–Kier alpha value is 1.14. The molecule has 0 spiro atoms. The molecule has 0 aliphatic heterocycles. The normalized spacial score (nSPS) is 12.1. The van der Waals surface area contributed by atoms with Gasteiger partial charge >= 0.3 is 40.7 Å². The van der Waals surface area contributed by atoms with Gasteiger partial charge in [0.15, 0.2) is 0 Å². The fourth-order valence-corrected chi connectivity index (χ4v) is 0. The summed E-state index contributed by atoms with van der Waals surface area (Å²) < 4.78 is 34.5. The van der Waals surface area contributed by atoms with E-state index in [1.165, 1.54) is 14.8 Å². The molecule has 0 atom stereocenters. The van der Waals surface area contributed by atoms with Crippen LogP contribution in [-0.4, -0.2) is 6.18 Å². The van der Waals surface area contributed by atoms with E-state index in [9.17, 15) is 13.2 Å². The van der Waals surface area contributed by atoms with Gasteiger partial charge in [0.1, 0.15) is 0 Å². The summed E-state index contributed by atoms with van der Waals surface area (Å²) in [5.74, 6) is 0. The van der Waals surface area contributed by atoms with E-state index in [0.29, 0.717) is 0 Å². The molecule has 0 amide bonds. The third-order valence-electron chi connectivity index (χ3n) is 0.767. The molecule has 0 saturated heterocycles. The fraction of sp³-hybridized carbons (Fsp3) is 0.800. The number of hydrogen-bond donors (Lipinski definition) is 0. The second-order valence-corrected chi connectivity index (χ2v) is 2.38. The van der Waals surface area contributed by atoms with Crippen molar-refractivity contribution < 1.29 is 28.0 Å². The van der Waals surface area contributed by atoms with E-state index in [-0.39, 0.29) is 0 Å². The molecule has 58 valence electrons. The molecule has 0 heterocycles. The van der Waals surface area contributed by atoms with Crippen LogP contribution < -0.4 is 0 Å². The van der Waals surface area contributed by atoms with E-state index in [2.05, 4.69) is 26.7 Å². The first-order valence-electron chi connectivity index (χ1n) is 2.44. The van der Waals surface area contributed by atoms with E-state index in [0.717, 1.165) is 13.8 Å². The second kappa shape index (κ2) is 4.91. The Morgan fingerprint density at radius 3 is 1.30 bits per heavy atom. The van der Waals surface area contributed by atoms with Gasteiger partial charge in [-0.05, 0) is 0 Å². The Bertz CT molecular complexity index is 71.9. The molecule has 0 rings (SSSR count). The summed E-state index contributed by atoms with van der Waals surface area (Å²) in [7, 11) is 0. The first kappa shape index (κ1) is 13.7. The minimum absolute atomic E-state index is 1.03. The molecule has 0 fully saturated rings. The predicted molar refractivity (Wildman–Crippen MR) is 39.2 cm³/mol. The van der Waals surface area contributed by atoms with Crippen LogP contribution in [0, 0.1) is 12.3 Å². The van der Waals surface area contributed by atoms with Gasteiger partial charge in [0.25, 0.3) is 0 Å². The molecule has 0 aliphatic rings. The molecule has 0 aromatic carbocycles. The second-order valence-electron chi connectivity index (χ2n) is 2.38. The minimum atomic E-state index is -4.17. The average molecular weight is 317 g/mol. The molecule has 0 unspecified atom stereocenters. The van der Waals surface area contributed by atoms with Crippen molar-refractivity contribution in [1.29, 1.82) is 0 Å². The molecule has 0 aromatic rings. The van der Waals surface area contributed by atoms with Gasteiger partial charge in [0, 0.05) is 0 Å².